The topological polar surface area (TPSA) is 62.3 Å². The highest BCUT2D eigenvalue weighted by atomic mass is 35.5. The van der Waals surface area contributed by atoms with Gasteiger partial charge in [-0.1, -0.05) is 0 Å². The van der Waals surface area contributed by atoms with Crippen LogP contribution in [0, 0.1) is 0 Å². The molecule has 1 aliphatic rings. The Morgan fingerprint density at radius 2 is 1.82 bits per heavy atom. The van der Waals surface area contributed by atoms with Crippen LogP contribution in [0.25, 0.3) is 0 Å². The highest BCUT2D eigenvalue weighted by Gasteiger charge is 2.23. The second-order valence-corrected chi connectivity index (χ2v) is 5.73. The number of rotatable bonds is 3. The van der Waals surface area contributed by atoms with Crippen molar-refractivity contribution >= 4 is 22.4 Å². The molecule has 7 heteroatoms. The van der Waals surface area contributed by atoms with Crippen LogP contribution in [0.2, 0.25) is 0 Å². The van der Waals surface area contributed by atoms with Gasteiger partial charge in [-0.3, -0.25) is 4.98 Å². The smallest absolute Gasteiger partial charge is 0.218 e. The third-order valence-corrected chi connectivity index (χ3v) is 4.42. The van der Waals surface area contributed by atoms with Crippen molar-refractivity contribution in [1.29, 1.82) is 0 Å². The summed E-state index contributed by atoms with van der Waals surface area (Å²) in [5, 5.41) is 3.13. The fourth-order valence-corrected chi connectivity index (χ4v) is 3.24. The van der Waals surface area contributed by atoms with E-state index in [1.165, 1.54) is 0 Å². The van der Waals surface area contributed by atoms with Crippen LogP contribution in [0.3, 0.4) is 0 Å². The predicted octanol–water partition coefficient (Wildman–Crippen LogP) is 0.238. The molecule has 0 bridgehead atoms. The standard InChI is InChI=1S/C10H15N3O2S.ClH/c14-16(15,13-7-5-12-6-8-13)9-10-1-3-11-4-2-10;/h1-4,12H,5-9H2;1H. The zero-order valence-corrected chi connectivity index (χ0v) is 11.0. The van der Waals surface area contributed by atoms with Gasteiger partial charge in [0.15, 0.2) is 0 Å². The number of nitrogens with zero attached hydrogens (tertiary/aromatic N) is 2. The van der Waals surface area contributed by atoms with E-state index in [0.717, 1.165) is 18.7 Å². The molecule has 1 N–H and O–H groups in total. The van der Waals surface area contributed by atoms with Gasteiger partial charge in [-0.15, -0.1) is 12.4 Å². The fourth-order valence-electron chi connectivity index (χ4n) is 1.70. The maximum absolute atomic E-state index is 12.0. The van der Waals surface area contributed by atoms with E-state index in [0.29, 0.717) is 13.1 Å². The lowest BCUT2D eigenvalue weighted by Crippen LogP contribution is -2.46. The lowest BCUT2D eigenvalue weighted by Gasteiger charge is -2.26. The quantitative estimate of drug-likeness (QED) is 0.860. The normalized spacial score (nSPS) is 17.4. The van der Waals surface area contributed by atoms with E-state index in [4.69, 9.17) is 0 Å². The monoisotopic (exact) mass is 277 g/mol. The summed E-state index contributed by atoms with van der Waals surface area (Å²) in [4.78, 5) is 3.87. The number of nitrogens with one attached hydrogen (secondary N) is 1. The molecule has 17 heavy (non-hydrogen) atoms. The van der Waals surface area contributed by atoms with Gasteiger partial charge >= 0.3 is 0 Å². The van der Waals surface area contributed by atoms with Crippen LogP contribution in [-0.2, 0) is 15.8 Å². The van der Waals surface area contributed by atoms with Crippen molar-refractivity contribution in [2.24, 2.45) is 0 Å². The first-order valence-corrected chi connectivity index (χ1v) is 6.87. The minimum Gasteiger partial charge on any atom is -0.314 e. The number of hydrogen-bond acceptors (Lipinski definition) is 4. The molecule has 2 rings (SSSR count). The van der Waals surface area contributed by atoms with Gasteiger partial charge in [0.1, 0.15) is 0 Å². The van der Waals surface area contributed by atoms with Crippen molar-refractivity contribution in [3.05, 3.63) is 30.1 Å². The summed E-state index contributed by atoms with van der Waals surface area (Å²) in [6.07, 6.45) is 3.23. The molecule has 0 radical (unpaired) electrons. The summed E-state index contributed by atoms with van der Waals surface area (Å²) >= 11 is 0. The molecule has 0 unspecified atom stereocenters. The maximum Gasteiger partial charge on any atom is 0.218 e. The first-order valence-electron chi connectivity index (χ1n) is 5.26. The first-order chi connectivity index (χ1) is 7.68. The Hall–Kier alpha value is -0.690. The van der Waals surface area contributed by atoms with Crippen molar-refractivity contribution in [3.8, 4) is 0 Å². The van der Waals surface area contributed by atoms with Gasteiger partial charge in [0.2, 0.25) is 10.0 Å². The van der Waals surface area contributed by atoms with Gasteiger partial charge in [-0.05, 0) is 17.7 Å². The van der Waals surface area contributed by atoms with Crippen LogP contribution in [0.15, 0.2) is 24.5 Å². The molecule has 0 saturated carbocycles. The fraction of sp³-hybridized carbons (Fsp3) is 0.500. The van der Waals surface area contributed by atoms with E-state index >= 15 is 0 Å². The lowest BCUT2D eigenvalue weighted by molar-refractivity contribution is 0.360. The highest BCUT2D eigenvalue weighted by molar-refractivity contribution is 7.88. The van der Waals surface area contributed by atoms with E-state index < -0.39 is 10.0 Å². The van der Waals surface area contributed by atoms with Crippen LogP contribution < -0.4 is 5.32 Å². The minimum atomic E-state index is -3.17. The molecule has 0 amide bonds. The molecule has 0 spiro atoms. The number of piperazine rings is 1. The van der Waals surface area contributed by atoms with Crippen LogP contribution in [0.1, 0.15) is 5.56 Å². The van der Waals surface area contributed by atoms with Crippen LogP contribution >= 0.6 is 12.4 Å². The van der Waals surface area contributed by atoms with Crippen molar-refractivity contribution in [3.63, 3.8) is 0 Å². The molecule has 1 aromatic heterocycles. The summed E-state index contributed by atoms with van der Waals surface area (Å²) in [6.45, 7) is 2.59. The molecule has 5 nitrogen and oxygen atoms in total. The van der Waals surface area contributed by atoms with Gasteiger partial charge in [0, 0.05) is 38.6 Å². The molecule has 0 aliphatic carbocycles. The summed E-state index contributed by atoms with van der Waals surface area (Å²) in [7, 11) is -3.17. The largest absolute Gasteiger partial charge is 0.314 e. The van der Waals surface area contributed by atoms with Gasteiger partial charge in [0.05, 0.1) is 5.75 Å². The van der Waals surface area contributed by atoms with E-state index in [-0.39, 0.29) is 18.2 Å². The maximum atomic E-state index is 12.0. The summed E-state index contributed by atoms with van der Waals surface area (Å²) < 4.78 is 25.6. The Morgan fingerprint density at radius 3 is 2.41 bits per heavy atom. The Kier molecular flexibility index (Phi) is 5.32. The molecule has 1 aliphatic heterocycles. The third kappa shape index (κ3) is 3.92. The first kappa shape index (κ1) is 14.4. The summed E-state index contributed by atoms with van der Waals surface area (Å²) in [5.74, 6) is 0.0650. The molecule has 1 fully saturated rings. The van der Waals surface area contributed by atoms with Crippen molar-refractivity contribution < 1.29 is 8.42 Å². The molecular formula is C10H16ClN3O2S. The van der Waals surface area contributed by atoms with Gasteiger partial charge in [0.25, 0.3) is 0 Å². The SMILES string of the molecule is Cl.O=S(=O)(Cc1ccncc1)N1CCNCC1. The molecule has 0 aromatic carbocycles. The molecule has 96 valence electrons. The van der Waals surface area contributed by atoms with E-state index in [1.54, 1.807) is 28.8 Å². The van der Waals surface area contributed by atoms with E-state index in [2.05, 4.69) is 10.3 Å². The number of halogens is 1. The molecule has 0 atom stereocenters. The Morgan fingerprint density at radius 1 is 1.24 bits per heavy atom. The van der Waals surface area contributed by atoms with Crippen LogP contribution in [-0.4, -0.2) is 43.9 Å². The molecular weight excluding hydrogens is 262 g/mol. The average Bonchev–Trinajstić information content (AvgIpc) is 2.31. The Labute approximate surface area is 108 Å². The second-order valence-electron chi connectivity index (χ2n) is 3.76. The van der Waals surface area contributed by atoms with Crippen molar-refractivity contribution in [1.82, 2.24) is 14.6 Å². The van der Waals surface area contributed by atoms with Crippen LogP contribution in [0.5, 0.6) is 0 Å². The van der Waals surface area contributed by atoms with E-state index in [9.17, 15) is 8.42 Å². The molecule has 1 saturated heterocycles. The summed E-state index contributed by atoms with van der Waals surface area (Å²) in [6, 6.07) is 3.47. The zero-order valence-electron chi connectivity index (χ0n) is 9.37. The molecule has 2 heterocycles. The minimum absolute atomic E-state index is 0. The molecule has 1 aromatic rings. The second kappa shape index (κ2) is 6.30. The Balaban J connectivity index is 0.00000144. The zero-order chi connectivity index (χ0) is 11.4. The number of pyridine rings is 1. The number of hydrogen-bond donors (Lipinski definition) is 1. The Bertz CT molecular complexity index is 432. The summed E-state index contributed by atoms with van der Waals surface area (Å²) in [5.41, 5.74) is 0.786. The number of sulfonamides is 1. The number of aromatic nitrogens is 1. The van der Waals surface area contributed by atoms with E-state index in [1.807, 2.05) is 0 Å². The third-order valence-electron chi connectivity index (χ3n) is 2.57. The van der Waals surface area contributed by atoms with Crippen molar-refractivity contribution in [2.75, 3.05) is 26.2 Å². The average molecular weight is 278 g/mol. The lowest BCUT2D eigenvalue weighted by atomic mass is 10.3. The predicted molar refractivity (Wildman–Crippen MR) is 68.6 cm³/mol. The van der Waals surface area contributed by atoms with Crippen molar-refractivity contribution in [2.45, 2.75) is 5.75 Å². The highest BCUT2D eigenvalue weighted by Crippen LogP contribution is 2.10. The van der Waals surface area contributed by atoms with Gasteiger partial charge in [-0.2, -0.15) is 4.31 Å². The van der Waals surface area contributed by atoms with Gasteiger partial charge in [-0.25, -0.2) is 8.42 Å². The van der Waals surface area contributed by atoms with Gasteiger partial charge < -0.3 is 5.32 Å². The van der Waals surface area contributed by atoms with Crippen LogP contribution in [0.4, 0.5) is 0 Å².